The second kappa shape index (κ2) is 5.90. The minimum Gasteiger partial charge on any atom is -0.493 e. The molecule has 0 saturated carbocycles. The molecule has 0 unspecified atom stereocenters. The maximum atomic E-state index is 9.71. The second-order valence-electron chi connectivity index (χ2n) is 2.90. The molecule has 0 aliphatic heterocycles. The SMILES string of the molecule is CCOc1ccccc1[C@H](O)CN=[N+]=[N-]. The fourth-order valence-electron chi connectivity index (χ4n) is 1.25. The number of aliphatic hydroxyl groups excluding tert-OH is 1. The standard InChI is InChI=1S/C10H13N3O2/c1-2-15-10-6-4-3-5-8(10)9(14)7-12-13-11/h3-6,9,14H,2,7H2,1H3/t9-/m1/s1. The minimum atomic E-state index is -0.816. The van der Waals surface area contributed by atoms with Crippen molar-refractivity contribution in [2.75, 3.05) is 13.2 Å². The van der Waals surface area contributed by atoms with Crippen molar-refractivity contribution in [1.82, 2.24) is 0 Å². The number of hydrogen-bond acceptors (Lipinski definition) is 3. The summed E-state index contributed by atoms with van der Waals surface area (Å²) >= 11 is 0. The Morgan fingerprint density at radius 3 is 2.93 bits per heavy atom. The zero-order valence-electron chi connectivity index (χ0n) is 8.50. The van der Waals surface area contributed by atoms with Crippen LogP contribution in [-0.2, 0) is 0 Å². The molecule has 5 heteroatoms. The topological polar surface area (TPSA) is 78.2 Å². The van der Waals surface area contributed by atoms with Gasteiger partial charge in [-0.05, 0) is 18.5 Å². The first kappa shape index (κ1) is 11.4. The van der Waals surface area contributed by atoms with Crippen molar-refractivity contribution in [3.05, 3.63) is 40.3 Å². The summed E-state index contributed by atoms with van der Waals surface area (Å²) in [5, 5.41) is 13.0. The molecule has 15 heavy (non-hydrogen) atoms. The zero-order valence-corrected chi connectivity index (χ0v) is 8.50. The largest absolute Gasteiger partial charge is 0.493 e. The molecule has 1 aromatic carbocycles. The zero-order chi connectivity index (χ0) is 11.1. The van der Waals surface area contributed by atoms with Crippen molar-refractivity contribution in [3.63, 3.8) is 0 Å². The van der Waals surface area contributed by atoms with E-state index in [1.807, 2.05) is 13.0 Å². The van der Waals surface area contributed by atoms with Crippen LogP contribution >= 0.6 is 0 Å². The fourth-order valence-corrected chi connectivity index (χ4v) is 1.25. The summed E-state index contributed by atoms with van der Waals surface area (Å²) in [7, 11) is 0. The number of benzene rings is 1. The normalized spacial score (nSPS) is 11.6. The molecule has 1 aromatic rings. The number of rotatable bonds is 5. The summed E-state index contributed by atoms with van der Waals surface area (Å²) in [6.07, 6.45) is -0.816. The molecule has 0 fully saturated rings. The highest BCUT2D eigenvalue weighted by atomic mass is 16.5. The van der Waals surface area contributed by atoms with Gasteiger partial charge in [-0.25, -0.2) is 0 Å². The van der Waals surface area contributed by atoms with Gasteiger partial charge in [0.2, 0.25) is 0 Å². The highest BCUT2D eigenvalue weighted by Gasteiger charge is 2.11. The Bertz CT molecular complexity index is 361. The van der Waals surface area contributed by atoms with Crippen LogP contribution in [0, 0.1) is 0 Å². The lowest BCUT2D eigenvalue weighted by atomic mass is 10.1. The van der Waals surface area contributed by atoms with E-state index in [1.54, 1.807) is 18.2 Å². The predicted octanol–water partition coefficient (Wildman–Crippen LogP) is 2.43. The summed E-state index contributed by atoms with van der Waals surface area (Å²) in [5.74, 6) is 0.626. The molecule has 0 saturated heterocycles. The summed E-state index contributed by atoms with van der Waals surface area (Å²) in [6.45, 7) is 2.42. The monoisotopic (exact) mass is 207 g/mol. The first-order valence-electron chi connectivity index (χ1n) is 4.70. The van der Waals surface area contributed by atoms with Gasteiger partial charge < -0.3 is 9.84 Å². The lowest BCUT2D eigenvalue weighted by Gasteiger charge is -2.13. The Hall–Kier alpha value is -1.71. The number of aliphatic hydroxyl groups is 1. The van der Waals surface area contributed by atoms with Crippen LogP contribution in [0.2, 0.25) is 0 Å². The summed E-state index contributed by atoms with van der Waals surface area (Å²) in [4.78, 5) is 2.60. The molecule has 1 atom stereocenters. The smallest absolute Gasteiger partial charge is 0.125 e. The van der Waals surface area contributed by atoms with E-state index in [9.17, 15) is 5.11 Å². The van der Waals surface area contributed by atoms with E-state index < -0.39 is 6.10 Å². The highest BCUT2D eigenvalue weighted by molar-refractivity contribution is 5.35. The molecule has 0 spiro atoms. The Morgan fingerprint density at radius 2 is 2.27 bits per heavy atom. The second-order valence-corrected chi connectivity index (χ2v) is 2.90. The van der Waals surface area contributed by atoms with Crippen LogP contribution in [0.15, 0.2) is 29.4 Å². The van der Waals surface area contributed by atoms with Crippen molar-refractivity contribution >= 4 is 0 Å². The molecular weight excluding hydrogens is 194 g/mol. The highest BCUT2D eigenvalue weighted by Crippen LogP contribution is 2.25. The summed E-state index contributed by atoms with van der Waals surface area (Å²) in [6, 6.07) is 7.16. The van der Waals surface area contributed by atoms with Gasteiger partial charge in [0.1, 0.15) is 5.75 Å². The number of hydrogen-bond donors (Lipinski definition) is 1. The van der Waals surface area contributed by atoms with Crippen molar-refractivity contribution in [2.45, 2.75) is 13.0 Å². The van der Waals surface area contributed by atoms with Gasteiger partial charge in [-0.3, -0.25) is 0 Å². The van der Waals surface area contributed by atoms with Gasteiger partial charge in [-0.15, -0.1) is 0 Å². The van der Waals surface area contributed by atoms with Crippen molar-refractivity contribution in [3.8, 4) is 5.75 Å². The molecule has 1 N–H and O–H groups in total. The van der Waals surface area contributed by atoms with Crippen molar-refractivity contribution in [2.24, 2.45) is 5.11 Å². The van der Waals surface area contributed by atoms with Crippen LogP contribution in [0.5, 0.6) is 5.75 Å². The van der Waals surface area contributed by atoms with Crippen molar-refractivity contribution < 1.29 is 9.84 Å². The van der Waals surface area contributed by atoms with Crippen LogP contribution in [0.25, 0.3) is 10.4 Å². The van der Waals surface area contributed by atoms with E-state index >= 15 is 0 Å². The van der Waals surface area contributed by atoms with E-state index in [-0.39, 0.29) is 6.54 Å². The molecule has 0 aliphatic carbocycles. The molecule has 0 amide bonds. The van der Waals surface area contributed by atoms with Gasteiger partial charge in [0.15, 0.2) is 0 Å². The van der Waals surface area contributed by atoms with Gasteiger partial charge in [0.25, 0.3) is 0 Å². The summed E-state index contributed by atoms with van der Waals surface area (Å²) < 4.78 is 5.34. The van der Waals surface area contributed by atoms with E-state index in [4.69, 9.17) is 10.3 Å². The average molecular weight is 207 g/mol. The van der Waals surface area contributed by atoms with Gasteiger partial charge in [-0.2, -0.15) is 0 Å². The van der Waals surface area contributed by atoms with Gasteiger partial charge in [0, 0.05) is 10.5 Å². The fraction of sp³-hybridized carbons (Fsp3) is 0.400. The summed E-state index contributed by atoms with van der Waals surface area (Å²) in [5.41, 5.74) is 8.80. The van der Waals surface area contributed by atoms with Crippen LogP contribution in [-0.4, -0.2) is 18.3 Å². The number of ether oxygens (including phenoxy) is 1. The maximum absolute atomic E-state index is 9.71. The molecule has 1 rings (SSSR count). The Kier molecular flexibility index (Phi) is 4.47. The third-order valence-corrected chi connectivity index (χ3v) is 1.90. The molecule has 80 valence electrons. The van der Waals surface area contributed by atoms with Gasteiger partial charge >= 0.3 is 0 Å². The minimum absolute atomic E-state index is 0.0145. The Balaban J connectivity index is 2.85. The lowest BCUT2D eigenvalue weighted by molar-refractivity contribution is 0.180. The number of nitrogens with zero attached hydrogens (tertiary/aromatic N) is 3. The lowest BCUT2D eigenvalue weighted by Crippen LogP contribution is -2.04. The van der Waals surface area contributed by atoms with Crippen molar-refractivity contribution in [1.29, 1.82) is 0 Å². The van der Waals surface area contributed by atoms with Crippen LogP contribution in [0.4, 0.5) is 0 Å². The molecular formula is C10H13N3O2. The van der Waals surface area contributed by atoms with E-state index in [0.29, 0.717) is 17.9 Å². The van der Waals surface area contributed by atoms with Gasteiger partial charge in [-0.1, -0.05) is 23.3 Å². The molecule has 0 radical (unpaired) electrons. The number of para-hydroxylation sites is 1. The predicted molar refractivity (Wildman–Crippen MR) is 56.6 cm³/mol. The first-order chi connectivity index (χ1) is 7.29. The first-order valence-corrected chi connectivity index (χ1v) is 4.70. The average Bonchev–Trinajstić information content (AvgIpc) is 2.27. The Labute approximate surface area is 87.9 Å². The third-order valence-electron chi connectivity index (χ3n) is 1.90. The maximum Gasteiger partial charge on any atom is 0.125 e. The molecule has 0 heterocycles. The third kappa shape index (κ3) is 3.16. The molecule has 0 bridgehead atoms. The molecule has 0 aliphatic rings. The van der Waals surface area contributed by atoms with Crippen LogP contribution in [0.1, 0.15) is 18.6 Å². The van der Waals surface area contributed by atoms with Crippen LogP contribution < -0.4 is 4.74 Å². The quantitative estimate of drug-likeness (QED) is 0.457. The van der Waals surface area contributed by atoms with Crippen LogP contribution in [0.3, 0.4) is 0 Å². The van der Waals surface area contributed by atoms with E-state index in [2.05, 4.69) is 10.0 Å². The van der Waals surface area contributed by atoms with E-state index in [0.717, 1.165) is 0 Å². The van der Waals surface area contributed by atoms with Gasteiger partial charge in [0.05, 0.1) is 19.3 Å². The Morgan fingerprint density at radius 1 is 1.53 bits per heavy atom. The molecule has 5 nitrogen and oxygen atoms in total. The van der Waals surface area contributed by atoms with E-state index in [1.165, 1.54) is 0 Å². The number of azide groups is 1. The molecule has 0 aromatic heterocycles.